The van der Waals surface area contributed by atoms with Gasteiger partial charge in [-0.3, -0.25) is 9.69 Å². The highest BCUT2D eigenvalue weighted by molar-refractivity contribution is 5.76. The molecule has 0 saturated carbocycles. The Kier molecular flexibility index (Phi) is 3.73. The highest BCUT2D eigenvalue weighted by atomic mass is 16.6. The Bertz CT molecular complexity index is 234. The molecule has 88 valence electrons. The van der Waals surface area contributed by atoms with E-state index in [1.807, 2.05) is 32.7 Å². The zero-order valence-electron chi connectivity index (χ0n) is 10.2. The van der Waals surface area contributed by atoms with Crippen LogP contribution in [0.3, 0.4) is 0 Å². The summed E-state index contributed by atoms with van der Waals surface area (Å²) in [6.45, 7) is 6.44. The molecule has 15 heavy (non-hydrogen) atoms. The van der Waals surface area contributed by atoms with E-state index >= 15 is 0 Å². The number of rotatable bonds is 2. The monoisotopic (exact) mass is 215 g/mol. The number of methoxy groups -OCH3 is 1. The van der Waals surface area contributed by atoms with Crippen LogP contribution < -0.4 is 0 Å². The summed E-state index contributed by atoms with van der Waals surface area (Å²) in [7, 11) is 3.60. The molecule has 0 N–H and O–H groups in total. The predicted octanol–water partition coefficient (Wildman–Crippen LogP) is 1.05. The molecule has 0 radical (unpaired) electrons. The van der Waals surface area contributed by atoms with Gasteiger partial charge in [-0.1, -0.05) is 0 Å². The van der Waals surface area contributed by atoms with Crippen molar-refractivity contribution in [1.82, 2.24) is 4.90 Å². The number of likely N-dealkylation sites (tertiary alicyclic amines) is 1. The topological polar surface area (TPSA) is 38.8 Å². The van der Waals surface area contributed by atoms with Gasteiger partial charge in [0.2, 0.25) is 0 Å². The van der Waals surface area contributed by atoms with Gasteiger partial charge in [-0.05, 0) is 27.8 Å². The van der Waals surface area contributed by atoms with Gasteiger partial charge < -0.3 is 9.47 Å². The average Bonchev–Trinajstić information content (AvgIpc) is 2.43. The molecule has 1 fully saturated rings. The first-order valence-electron chi connectivity index (χ1n) is 5.29. The van der Waals surface area contributed by atoms with Crippen LogP contribution in [0.1, 0.15) is 27.2 Å². The summed E-state index contributed by atoms with van der Waals surface area (Å²) in [5.41, 5.74) is -0.414. The summed E-state index contributed by atoms with van der Waals surface area (Å²) in [6.07, 6.45) is 0.870. The number of likely N-dealkylation sites (N-methyl/N-ethyl adjacent to an activating group) is 1. The summed E-state index contributed by atoms with van der Waals surface area (Å²) in [5, 5.41) is 0. The van der Waals surface area contributed by atoms with Crippen LogP contribution in [0, 0.1) is 0 Å². The molecule has 1 rings (SSSR count). The fraction of sp³-hybridized carbons (Fsp3) is 0.909. The third-order valence-electron chi connectivity index (χ3n) is 2.52. The molecule has 0 amide bonds. The Morgan fingerprint density at radius 3 is 2.40 bits per heavy atom. The Labute approximate surface area is 91.5 Å². The van der Waals surface area contributed by atoms with Crippen molar-refractivity contribution in [3.63, 3.8) is 0 Å². The number of hydrogen-bond donors (Lipinski definition) is 0. The Morgan fingerprint density at radius 1 is 1.40 bits per heavy atom. The summed E-state index contributed by atoms with van der Waals surface area (Å²) in [4.78, 5) is 13.8. The van der Waals surface area contributed by atoms with Gasteiger partial charge in [-0.25, -0.2) is 0 Å². The lowest BCUT2D eigenvalue weighted by Gasteiger charge is -2.24. The summed E-state index contributed by atoms with van der Waals surface area (Å²) < 4.78 is 10.6. The van der Waals surface area contributed by atoms with Gasteiger partial charge in [0.05, 0.1) is 6.10 Å². The summed E-state index contributed by atoms with van der Waals surface area (Å²) in [5.74, 6) is -0.149. The molecule has 2 atom stereocenters. The lowest BCUT2D eigenvalue weighted by Crippen LogP contribution is -2.38. The van der Waals surface area contributed by atoms with Crippen LogP contribution >= 0.6 is 0 Å². The normalized spacial score (nSPS) is 28.1. The lowest BCUT2D eigenvalue weighted by atomic mass is 10.1. The van der Waals surface area contributed by atoms with E-state index in [2.05, 4.69) is 0 Å². The van der Waals surface area contributed by atoms with Crippen LogP contribution in [0.4, 0.5) is 0 Å². The Hall–Kier alpha value is -0.610. The second-order valence-electron chi connectivity index (χ2n) is 5.08. The lowest BCUT2D eigenvalue weighted by molar-refractivity contribution is -0.159. The molecule has 0 aromatic heterocycles. The third-order valence-corrected chi connectivity index (χ3v) is 2.52. The van der Waals surface area contributed by atoms with Gasteiger partial charge in [0.15, 0.2) is 0 Å². The molecular weight excluding hydrogens is 194 g/mol. The first-order chi connectivity index (χ1) is 6.83. The van der Waals surface area contributed by atoms with E-state index < -0.39 is 5.60 Å². The maximum Gasteiger partial charge on any atom is 0.323 e. The zero-order chi connectivity index (χ0) is 11.6. The molecule has 0 bridgehead atoms. The summed E-state index contributed by atoms with van der Waals surface area (Å²) in [6, 6.07) is -0.158. The minimum Gasteiger partial charge on any atom is -0.459 e. The van der Waals surface area contributed by atoms with Crippen LogP contribution in [0.2, 0.25) is 0 Å². The molecule has 1 saturated heterocycles. The minimum absolute atomic E-state index is 0.146. The SMILES string of the molecule is CO[C@@H]1C[C@@H](C(=O)OC(C)(C)C)N(C)C1. The van der Waals surface area contributed by atoms with Crippen molar-refractivity contribution < 1.29 is 14.3 Å². The van der Waals surface area contributed by atoms with Crippen molar-refractivity contribution in [3.8, 4) is 0 Å². The first kappa shape index (κ1) is 12.5. The van der Waals surface area contributed by atoms with Crippen LogP contribution in [0.15, 0.2) is 0 Å². The van der Waals surface area contributed by atoms with Crippen molar-refractivity contribution in [2.75, 3.05) is 20.7 Å². The van der Waals surface area contributed by atoms with Crippen LogP contribution in [0.5, 0.6) is 0 Å². The van der Waals surface area contributed by atoms with E-state index in [1.165, 1.54) is 0 Å². The van der Waals surface area contributed by atoms with E-state index in [-0.39, 0.29) is 18.1 Å². The molecular formula is C11H21NO3. The highest BCUT2D eigenvalue weighted by Crippen LogP contribution is 2.21. The van der Waals surface area contributed by atoms with Gasteiger partial charge >= 0.3 is 5.97 Å². The zero-order valence-corrected chi connectivity index (χ0v) is 10.2. The van der Waals surface area contributed by atoms with E-state index in [9.17, 15) is 4.79 Å². The second kappa shape index (κ2) is 4.49. The number of esters is 1. The number of carbonyl (C=O) groups excluding carboxylic acids is 1. The number of hydrogen-bond acceptors (Lipinski definition) is 4. The number of nitrogens with zero attached hydrogens (tertiary/aromatic N) is 1. The van der Waals surface area contributed by atoms with Gasteiger partial charge in [0, 0.05) is 20.1 Å². The van der Waals surface area contributed by atoms with Crippen LogP contribution in [-0.2, 0) is 14.3 Å². The molecule has 0 aliphatic carbocycles. The second-order valence-corrected chi connectivity index (χ2v) is 5.08. The quantitative estimate of drug-likeness (QED) is 0.645. The molecule has 1 aliphatic heterocycles. The van der Waals surface area contributed by atoms with Crippen molar-refractivity contribution in [1.29, 1.82) is 0 Å². The maximum atomic E-state index is 11.8. The maximum absolute atomic E-state index is 11.8. The first-order valence-corrected chi connectivity index (χ1v) is 5.29. The number of carbonyl (C=O) groups is 1. The van der Waals surface area contributed by atoms with Gasteiger partial charge in [0.1, 0.15) is 11.6 Å². The van der Waals surface area contributed by atoms with E-state index in [0.29, 0.717) is 0 Å². The molecule has 1 aliphatic rings. The third kappa shape index (κ3) is 3.47. The molecule has 1 heterocycles. The standard InChI is InChI=1S/C11H21NO3/c1-11(2,3)15-10(13)9-6-8(14-5)7-12(9)4/h8-9H,6-7H2,1-5H3/t8-,9+/m1/s1. The molecule has 0 aromatic rings. The van der Waals surface area contributed by atoms with Gasteiger partial charge in [0.25, 0.3) is 0 Å². The smallest absolute Gasteiger partial charge is 0.323 e. The van der Waals surface area contributed by atoms with Crippen molar-refractivity contribution >= 4 is 5.97 Å². The molecule has 0 aromatic carbocycles. The van der Waals surface area contributed by atoms with E-state index in [4.69, 9.17) is 9.47 Å². The fourth-order valence-corrected chi connectivity index (χ4v) is 1.77. The molecule has 4 nitrogen and oxygen atoms in total. The highest BCUT2D eigenvalue weighted by Gasteiger charge is 2.37. The largest absolute Gasteiger partial charge is 0.459 e. The predicted molar refractivity (Wildman–Crippen MR) is 57.7 cm³/mol. The van der Waals surface area contributed by atoms with Crippen LogP contribution in [-0.4, -0.2) is 49.3 Å². The van der Waals surface area contributed by atoms with Gasteiger partial charge in [-0.2, -0.15) is 0 Å². The van der Waals surface area contributed by atoms with E-state index in [1.54, 1.807) is 7.11 Å². The van der Waals surface area contributed by atoms with Crippen LogP contribution in [0.25, 0.3) is 0 Å². The van der Waals surface area contributed by atoms with Gasteiger partial charge in [-0.15, -0.1) is 0 Å². The Balaban J connectivity index is 2.54. The number of ether oxygens (including phenoxy) is 2. The van der Waals surface area contributed by atoms with Crippen molar-refractivity contribution in [2.24, 2.45) is 0 Å². The van der Waals surface area contributed by atoms with Crippen molar-refractivity contribution in [2.45, 2.75) is 44.9 Å². The molecule has 4 heteroatoms. The average molecular weight is 215 g/mol. The fourth-order valence-electron chi connectivity index (χ4n) is 1.77. The molecule has 0 unspecified atom stereocenters. The van der Waals surface area contributed by atoms with E-state index in [0.717, 1.165) is 13.0 Å². The minimum atomic E-state index is -0.414. The van der Waals surface area contributed by atoms with Crippen molar-refractivity contribution in [3.05, 3.63) is 0 Å². The Morgan fingerprint density at radius 2 is 2.00 bits per heavy atom. The molecule has 0 spiro atoms. The summed E-state index contributed by atoms with van der Waals surface area (Å²) >= 11 is 0.